The van der Waals surface area contributed by atoms with Crippen LogP contribution in [0.15, 0.2) is 30.0 Å². The molecule has 35 heavy (non-hydrogen) atoms. The highest BCUT2D eigenvalue weighted by Gasteiger charge is 2.31. The highest BCUT2D eigenvalue weighted by molar-refractivity contribution is 6.01. The van der Waals surface area contributed by atoms with Crippen molar-refractivity contribution in [2.75, 3.05) is 44.8 Å². The fraction of sp³-hybridized carbons (Fsp3) is 0.480. The monoisotopic (exact) mass is 489 g/mol. The number of hydrogen-bond acceptors (Lipinski definition) is 5. The fourth-order valence-corrected chi connectivity index (χ4v) is 4.50. The van der Waals surface area contributed by atoms with E-state index in [-0.39, 0.29) is 17.5 Å². The molecule has 1 saturated heterocycles. The van der Waals surface area contributed by atoms with E-state index in [2.05, 4.69) is 9.55 Å². The molecule has 3 rings (SSSR count). The maximum absolute atomic E-state index is 13.2. The summed E-state index contributed by atoms with van der Waals surface area (Å²) in [6, 6.07) is 6.46. The molecule has 1 aliphatic heterocycles. The van der Waals surface area contributed by atoms with Gasteiger partial charge in [0, 0.05) is 50.9 Å². The van der Waals surface area contributed by atoms with Gasteiger partial charge in [-0.2, -0.15) is 18.4 Å². The van der Waals surface area contributed by atoms with Crippen molar-refractivity contribution in [1.82, 2.24) is 14.5 Å². The number of rotatable bonds is 6. The fourth-order valence-electron chi connectivity index (χ4n) is 4.50. The molecule has 1 unspecified atom stereocenters. The second-order valence-electron chi connectivity index (χ2n) is 8.71. The van der Waals surface area contributed by atoms with E-state index in [0.29, 0.717) is 45.0 Å². The van der Waals surface area contributed by atoms with Crippen molar-refractivity contribution in [3.8, 4) is 6.07 Å². The first kappa shape index (κ1) is 26.3. The number of nitrogens with zero attached hydrogens (tertiary/aromatic N) is 5. The number of carbonyl (C=O) groups excluding carboxylic acids is 1. The van der Waals surface area contributed by atoms with Crippen LogP contribution in [0.4, 0.5) is 19.0 Å². The first-order chi connectivity index (χ1) is 16.6. The molecule has 1 atom stereocenters. The topological polar surface area (TPSA) is 74.4 Å². The van der Waals surface area contributed by atoms with Crippen molar-refractivity contribution in [3.05, 3.63) is 52.5 Å². The van der Waals surface area contributed by atoms with Crippen molar-refractivity contribution < 1.29 is 22.7 Å². The lowest BCUT2D eigenvalue weighted by molar-refractivity contribution is -0.137. The third kappa shape index (κ3) is 6.03. The number of halogens is 3. The normalized spacial score (nSPS) is 16.1. The first-order valence-corrected chi connectivity index (χ1v) is 11.4. The van der Waals surface area contributed by atoms with E-state index in [9.17, 15) is 23.2 Å². The molecule has 2 aromatic rings. The summed E-state index contributed by atoms with van der Waals surface area (Å²) < 4.78 is 45.8. The number of hydrogen-bond donors (Lipinski definition) is 0. The van der Waals surface area contributed by atoms with Crippen LogP contribution in [0.1, 0.15) is 41.9 Å². The molecule has 188 valence electrons. The number of aryl methyl sites for hydroxylation is 1. The lowest BCUT2D eigenvalue weighted by atomic mass is 10.1. The minimum Gasteiger partial charge on any atom is -0.383 e. The number of ether oxygens (including phenoxy) is 1. The molecule has 2 aromatic heterocycles. The van der Waals surface area contributed by atoms with Crippen LogP contribution in [0, 0.1) is 25.2 Å². The van der Waals surface area contributed by atoms with Crippen LogP contribution >= 0.6 is 0 Å². The summed E-state index contributed by atoms with van der Waals surface area (Å²) in [6.45, 7) is 8.25. The van der Waals surface area contributed by atoms with Gasteiger partial charge in [-0.15, -0.1) is 0 Å². The van der Waals surface area contributed by atoms with Gasteiger partial charge in [-0.1, -0.05) is 0 Å². The molecule has 0 radical (unpaired) electrons. The number of anilines is 1. The molecule has 0 saturated carbocycles. The first-order valence-electron chi connectivity index (χ1n) is 11.4. The Kier molecular flexibility index (Phi) is 8.22. The number of pyridine rings is 1. The predicted molar refractivity (Wildman–Crippen MR) is 127 cm³/mol. The number of nitriles is 1. The molecule has 0 aliphatic carbocycles. The van der Waals surface area contributed by atoms with E-state index >= 15 is 0 Å². The summed E-state index contributed by atoms with van der Waals surface area (Å²) in [4.78, 5) is 20.6. The minimum absolute atomic E-state index is 0.0470. The molecule has 1 fully saturated rings. The third-order valence-corrected chi connectivity index (χ3v) is 6.21. The zero-order valence-electron chi connectivity index (χ0n) is 20.4. The molecule has 3 heterocycles. The average molecular weight is 490 g/mol. The summed E-state index contributed by atoms with van der Waals surface area (Å²) >= 11 is 0. The number of methoxy groups -OCH3 is 1. The molecule has 10 heteroatoms. The Morgan fingerprint density at radius 2 is 2.00 bits per heavy atom. The number of alkyl halides is 3. The Morgan fingerprint density at radius 3 is 2.60 bits per heavy atom. The largest absolute Gasteiger partial charge is 0.417 e. The van der Waals surface area contributed by atoms with Crippen LogP contribution in [-0.2, 0) is 15.7 Å². The molecule has 1 aliphatic rings. The standard InChI is InChI=1S/C25H30F3N5O2/c1-17-12-20(19(3)33(17)18(2)16-35-4)13-21(14-29)24(34)32-9-5-8-31(10-11-32)23-7-6-22(15-30-23)25(26,27)28/h6-7,12-13,15,18H,5,8-11,16H2,1-4H3/b21-13-. The van der Waals surface area contributed by atoms with Gasteiger partial charge in [0.15, 0.2) is 0 Å². The second-order valence-corrected chi connectivity index (χ2v) is 8.71. The van der Waals surface area contributed by atoms with Gasteiger partial charge in [0.1, 0.15) is 17.5 Å². The van der Waals surface area contributed by atoms with Gasteiger partial charge >= 0.3 is 6.18 Å². The zero-order chi connectivity index (χ0) is 25.8. The average Bonchev–Trinajstić information content (AvgIpc) is 2.96. The van der Waals surface area contributed by atoms with Crippen molar-refractivity contribution in [1.29, 1.82) is 5.26 Å². The number of aromatic nitrogens is 2. The van der Waals surface area contributed by atoms with E-state index in [0.717, 1.165) is 29.2 Å². The van der Waals surface area contributed by atoms with Crippen LogP contribution in [0.5, 0.6) is 0 Å². The molecule has 0 aromatic carbocycles. The Balaban J connectivity index is 1.74. The summed E-state index contributed by atoms with van der Waals surface area (Å²) in [5.74, 6) is 0.0745. The smallest absolute Gasteiger partial charge is 0.383 e. The maximum atomic E-state index is 13.2. The quantitative estimate of drug-likeness (QED) is 0.445. The van der Waals surface area contributed by atoms with Crippen LogP contribution in [0.2, 0.25) is 0 Å². The van der Waals surface area contributed by atoms with Gasteiger partial charge in [-0.05, 0) is 57.0 Å². The molecule has 0 N–H and O–H groups in total. The van der Waals surface area contributed by atoms with Crippen molar-refractivity contribution in [2.24, 2.45) is 0 Å². The van der Waals surface area contributed by atoms with E-state index in [1.807, 2.05) is 37.8 Å². The molecule has 7 nitrogen and oxygen atoms in total. The Bertz CT molecular complexity index is 1120. The molecular weight excluding hydrogens is 459 g/mol. The van der Waals surface area contributed by atoms with Crippen molar-refractivity contribution in [3.63, 3.8) is 0 Å². The van der Waals surface area contributed by atoms with E-state index < -0.39 is 11.7 Å². The number of amides is 1. The molecule has 0 bridgehead atoms. The van der Waals surface area contributed by atoms with Crippen molar-refractivity contribution >= 4 is 17.8 Å². The lowest BCUT2D eigenvalue weighted by Crippen LogP contribution is -2.36. The molecule has 0 spiro atoms. The third-order valence-electron chi connectivity index (χ3n) is 6.21. The van der Waals surface area contributed by atoms with Gasteiger partial charge in [0.05, 0.1) is 18.2 Å². The minimum atomic E-state index is -4.44. The van der Waals surface area contributed by atoms with Crippen LogP contribution in [0.25, 0.3) is 6.08 Å². The number of carbonyl (C=O) groups is 1. The lowest BCUT2D eigenvalue weighted by Gasteiger charge is -2.23. The summed E-state index contributed by atoms with van der Waals surface area (Å²) in [7, 11) is 1.65. The van der Waals surface area contributed by atoms with Gasteiger partial charge < -0.3 is 19.1 Å². The SMILES string of the molecule is COCC(C)n1c(C)cc(/C=C(/C#N)C(=O)N2CCCN(c3ccc(C(F)(F)F)cn3)CC2)c1C. The predicted octanol–water partition coefficient (Wildman–Crippen LogP) is 4.37. The van der Waals surface area contributed by atoms with E-state index in [4.69, 9.17) is 4.74 Å². The summed E-state index contributed by atoms with van der Waals surface area (Å²) in [5, 5.41) is 9.74. The summed E-state index contributed by atoms with van der Waals surface area (Å²) in [6.07, 6.45) is -1.38. The second kappa shape index (κ2) is 11.0. The van der Waals surface area contributed by atoms with Crippen molar-refractivity contribution in [2.45, 2.75) is 39.4 Å². The maximum Gasteiger partial charge on any atom is 0.417 e. The summed E-state index contributed by atoms with van der Waals surface area (Å²) in [5.41, 5.74) is 2.01. The molecular formula is C25H30F3N5O2. The Morgan fingerprint density at radius 1 is 1.26 bits per heavy atom. The zero-order valence-corrected chi connectivity index (χ0v) is 20.4. The van der Waals surface area contributed by atoms with Gasteiger partial charge in [-0.3, -0.25) is 4.79 Å². The van der Waals surface area contributed by atoms with Gasteiger partial charge in [-0.25, -0.2) is 4.98 Å². The molecule has 1 amide bonds. The van der Waals surface area contributed by atoms with Gasteiger partial charge in [0.2, 0.25) is 0 Å². The Hall–Kier alpha value is -3.32. The highest BCUT2D eigenvalue weighted by atomic mass is 19.4. The van der Waals surface area contributed by atoms with Crippen LogP contribution in [0.3, 0.4) is 0 Å². The van der Waals surface area contributed by atoms with Crippen LogP contribution < -0.4 is 4.90 Å². The van der Waals surface area contributed by atoms with E-state index in [1.54, 1.807) is 18.1 Å². The van der Waals surface area contributed by atoms with E-state index in [1.165, 1.54) is 6.07 Å². The Labute approximate surface area is 203 Å². The van der Waals surface area contributed by atoms with Gasteiger partial charge in [0.25, 0.3) is 5.91 Å². The van der Waals surface area contributed by atoms with Crippen LogP contribution in [-0.4, -0.2) is 60.3 Å². The highest BCUT2D eigenvalue weighted by Crippen LogP contribution is 2.29.